The Hall–Kier alpha value is -0.0800. The number of hydrogen-bond donors (Lipinski definition) is 1. The van der Waals surface area contributed by atoms with Crippen molar-refractivity contribution in [1.82, 2.24) is 10.2 Å². The van der Waals surface area contributed by atoms with Gasteiger partial charge in [0.05, 0.1) is 0 Å². The molecule has 0 amide bonds. The third-order valence-electron chi connectivity index (χ3n) is 3.60. The quantitative estimate of drug-likeness (QED) is 0.663. The third-order valence-corrected chi connectivity index (χ3v) is 3.60. The van der Waals surface area contributed by atoms with Crippen molar-refractivity contribution in [2.24, 2.45) is 5.92 Å². The van der Waals surface area contributed by atoms with Crippen LogP contribution in [0.5, 0.6) is 0 Å². The van der Waals surface area contributed by atoms with E-state index in [9.17, 15) is 0 Å². The monoisotopic (exact) mass is 168 g/mol. The average Bonchev–Trinajstić information content (AvgIpc) is 2.29. The van der Waals surface area contributed by atoms with Crippen LogP contribution in [-0.4, -0.2) is 36.6 Å². The Bertz CT molecular complexity index is 167. The minimum absolute atomic E-state index is 0.752. The standard InChI is InChI=1S/C10H20N2/c1-7(2)12-6-8-4-9(11-3)5-10(8)12/h7-11H,4-6H2,1-3H3/t8-,9?,10-/m1/s1. The minimum atomic E-state index is 0.752. The molecule has 1 saturated carbocycles. The summed E-state index contributed by atoms with van der Waals surface area (Å²) in [6.45, 7) is 5.96. The van der Waals surface area contributed by atoms with E-state index < -0.39 is 0 Å². The van der Waals surface area contributed by atoms with Crippen LogP contribution in [0.4, 0.5) is 0 Å². The Morgan fingerprint density at radius 3 is 2.67 bits per heavy atom. The number of nitrogens with zero attached hydrogens (tertiary/aromatic N) is 1. The van der Waals surface area contributed by atoms with Gasteiger partial charge in [-0.1, -0.05) is 0 Å². The SMILES string of the molecule is CNC1C[C@@H]2CN(C(C)C)[C@@H]2C1. The van der Waals surface area contributed by atoms with Crippen LogP contribution in [0.1, 0.15) is 26.7 Å². The molecular weight excluding hydrogens is 148 g/mol. The molecule has 1 unspecified atom stereocenters. The number of likely N-dealkylation sites (tertiary alicyclic amines) is 1. The van der Waals surface area contributed by atoms with Crippen LogP contribution in [0.15, 0.2) is 0 Å². The summed E-state index contributed by atoms with van der Waals surface area (Å²) in [6, 6.07) is 2.45. The highest BCUT2D eigenvalue weighted by Gasteiger charge is 2.46. The summed E-state index contributed by atoms with van der Waals surface area (Å²) in [5.41, 5.74) is 0. The second kappa shape index (κ2) is 3.00. The molecule has 0 radical (unpaired) electrons. The third kappa shape index (κ3) is 1.17. The molecule has 0 aromatic rings. The molecule has 2 aliphatic rings. The van der Waals surface area contributed by atoms with Gasteiger partial charge < -0.3 is 5.32 Å². The molecule has 0 aromatic heterocycles. The van der Waals surface area contributed by atoms with E-state index in [1.807, 2.05) is 0 Å². The zero-order valence-electron chi connectivity index (χ0n) is 8.38. The van der Waals surface area contributed by atoms with Gasteiger partial charge in [-0.3, -0.25) is 4.90 Å². The summed E-state index contributed by atoms with van der Waals surface area (Å²) in [5, 5.41) is 3.40. The molecule has 2 nitrogen and oxygen atoms in total. The topological polar surface area (TPSA) is 15.3 Å². The molecule has 70 valence electrons. The Morgan fingerprint density at radius 1 is 1.33 bits per heavy atom. The molecule has 2 fully saturated rings. The van der Waals surface area contributed by atoms with Crippen molar-refractivity contribution in [3.8, 4) is 0 Å². The second-order valence-corrected chi connectivity index (χ2v) is 4.57. The lowest BCUT2D eigenvalue weighted by atomic mass is 9.90. The van der Waals surface area contributed by atoms with Gasteiger partial charge in [0, 0.05) is 24.7 Å². The largest absolute Gasteiger partial charge is 0.317 e. The molecule has 1 aliphatic carbocycles. The van der Waals surface area contributed by atoms with Crippen LogP contribution in [0.3, 0.4) is 0 Å². The van der Waals surface area contributed by atoms with E-state index in [1.165, 1.54) is 19.4 Å². The zero-order chi connectivity index (χ0) is 8.72. The van der Waals surface area contributed by atoms with E-state index in [2.05, 4.69) is 31.1 Å². The van der Waals surface area contributed by atoms with Gasteiger partial charge in [0.25, 0.3) is 0 Å². The maximum absolute atomic E-state index is 3.40. The van der Waals surface area contributed by atoms with Crippen molar-refractivity contribution in [3.05, 3.63) is 0 Å². The van der Waals surface area contributed by atoms with Crippen LogP contribution >= 0.6 is 0 Å². The Kier molecular flexibility index (Phi) is 2.13. The van der Waals surface area contributed by atoms with Gasteiger partial charge in [-0.2, -0.15) is 0 Å². The lowest BCUT2D eigenvalue weighted by molar-refractivity contribution is 0.00975. The Morgan fingerprint density at radius 2 is 2.08 bits per heavy atom. The number of fused-ring (bicyclic) bond motifs is 1. The van der Waals surface area contributed by atoms with Crippen molar-refractivity contribution in [2.45, 2.75) is 44.8 Å². The fourth-order valence-corrected chi connectivity index (χ4v) is 2.80. The molecule has 2 heteroatoms. The van der Waals surface area contributed by atoms with Crippen LogP contribution < -0.4 is 5.32 Å². The van der Waals surface area contributed by atoms with E-state index in [4.69, 9.17) is 0 Å². The maximum atomic E-state index is 3.40. The first kappa shape index (κ1) is 8.52. The smallest absolute Gasteiger partial charge is 0.0154 e. The van der Waals surface area contributed by atoms with Crippen molar-refractivity contribution in [3.63, 3.8) is 0 Å². The lowest BCUT2D eigenvalue weighted by Crippen LogP contribution is -2.56. The summed E-state index contributed by atoms with van der Waals surface area (Å²) in [7, 11) is 2.09. The molecule has 0 spiro atoms. The molecule has 0 bridgehead atoms. The number of hydrogen-bond acceptors (Lipinski definition) is 2. The van der Waals surface area contributed by atoms with Crippen LogP contribution in [0.2, 0.25) is 0 Å². The average molecular weight is 168 g/mol. The second-order valence-electron chi connectivity index (χ2n) is 4.57. The van der Waals surface area contributed by atoms with Gasteiger partial charge in [0.1, 0.15) is 0 Å². The minimum Gasteiger partial charge on any atom is -0.317 e. The molecule has 2 rings (SSSR count). The van der Waals surface area contributed by atoms with Gasteiger partial charge in [0.15, 0.2) is 0 Å². The predicted octanol–water partition coefficient (Wildman–Crippen LogP) is 1.08. The lowest BCUT2D eigenvalue weighted by Gasteiger charge is -2.47. The van der Waals surface area contributed by atoms with Gasteiger partial charge in [-0.15, -0.1) is 0 Å². The summed E-state index contributed by atoms with van der Waals surface area (Å²) < 4.78 is 0. The fourth-order valence-electron chi connectivity index (χ4n) is 2.80. The van der Waals surface area contributed by atoms with Crippen molar-refractivity contribution < 1.29 is 0 Å². The summed E-state index contributed by atoms with van der Waals surface area (Å²) in [4.78, 5) is 2.64. The molecule has 0 aromatic carbocycles. The fraction of sp³-hybridized carbons (Fsp3) is 1.00. The summed E-state index contributed by atoms with van der Waals surface area (Å²) >= 11 is 0. The highest BCUT2D eigenvalue weighted by Crippen LogP contribution is 2.39. The highest BCUT2D eigenvalue weighted by molar-refractivity contribution is 5.02. The van der Waals surface area contributed by atoms with Crippen LogP contribution in [-0.2, 0) is 0 Å². The van der Waals surface area contributed by atoms with Crippen LogP contribution in [0.25, 0.3) is 0 Å². The first-order chi connectivity index (χ1) is 5.72. The van der Waals surface area contributed by atoms with E-state index >= 15 is 0 Å². The number of nitrogens with one attached hydrogen (secondary N) is 1. The van der Waals surface area contributed by atoms with Crippen molar-refractivity contribution in [1.29, 1.82) is 0 Å². The molecule has 1 aliphatic heterocycles. The highest BCUT2D eigenvalue weighted by atomic mass is 15.3. The van der Waals surface area contributed by atoms with E-state index in [0.717, 1.165) is 24.0 Å². The Balaban J connectivity index is 1.90. The van der Waals surface area contributed by atoms with Crippen molar-refractivity contribution >= 4 is 0 Å². The first-order valence-electron chi connectivity index (χ1n) is 5.15. The molecular formula is C10H20N2. The zero-order valence-corrected chi connectivity index (χ0v) is 8.38. The van der Waals surface area contributed by atoms with Gasteiger partial charge in [-0.05, 0) is 39.7 Å². The molecule has 3 atom stereocenters. The normalized spacial score (nSPS) is 41.5. The van der Waals surface area contributed by atoms with E-state index in [0.29, 0.717) is 0 Å². The Labute approximate surface area is 75.3 Å². The first-order valence-corrected chi connectivity index (χ1v) is 5.15. The number of rotatable bonds is 2. The summed E-state index contributed by atoms with van der Waals surface area (Å²) in [6.07, 6.45) is 2.78. The van der Waals surface area contributed by atoms with Crippen LogP contribution in [0, 0.1) is 5.92 Å². The van der Waals surface area contributed by atoms with Crippen molar-refractivity contribution in [2.75, 3.05) is 13.6 Å². The van der Waals surface area contributed by atoms with E-state index in [1.54, 1.807) is 0 Å². The summed E-state index contributed by atoms with van der Waals surface area (Å²) in [5.74, 6) is 1.00. The predicted molar refractivity (Wildman–Crippen MR) is 51.2 cm³/mol. The van der Waals surface area contributed by atoms with Gasteiger partial charge in [-0.25, -0.2) is 0 Å². The maximum Gasteiger partial charge on any atom is 0.0154 e. The molecule has 12 heavy (non-hydrogen) atoms. The van der Waals surface area contributed by atoms with Gasteiger partial charge >= 0.3 is 0 Å². The molecule has 1 N–H and O–H groups in total. The van der Waals surface area contributed by atoms with Gasteiger partial charge in [0.2, 0.25) is 0 Å². The van der Waals surface area contributed by atoms with E-state index in [-0.39, 0.29) is 0 Å². The molecule has 1 heterocycles. The molecule has 1 saturated heterocycles.